The lowest BCUT2D eigenvalue weighted by Gasteiger charge is -2.10. The van der Waals surface area contributed by atoms with Crippen LogP contribution in [0.15, 0.2) is 30.6 Å². The Balaban J connectivity index is 1.91. The van der Waals surface area contributed by atoms with Crippen molar-refractivity contribution in [2.45, 2.75) is 20.3 Å². The minimum absolute atomic E-state index is 0.258. The zero-order valence-electron chi connectivity index (χ0n) is 14.8. The van der Waals surface area contributed by atoms with Crippen molar-refractivity contribution in [3.05, 3.63) is 47.4 Å². The van der Waals surface area contributed by atoms with Gasteiger partial charge in [-0.15, -0.1) is 0 Å². The molecule has 0 aliphatic rings. The highest BCUT2D eigenvalue weighted by Gasteiger charge is 2.09. The van der Waals surface area contributed by atoms with Gasteiger partial charge in [0.25, 0.3) is 5.91 Å². The first kappa shape index (κ1) is 17.9. The number of anilines is 2. The maximum atomic E-state index is 12.2. The molecular weight excluding hydrogens is 302 g/mol. The van der Waals surface area contributed by atoms with E-state index in [1.54, 1.807) is 6.20 Å². The second-order valence-electron chi connectivity index (χ2n) is 6.20. The first-order valence-corrected chi connectivity index (χ1v) is 8.04. The molecule has 0 fully saturated rings. The maximum Gasteiger partial charge on any atom is 0.275 e. The minimum Gasteiger partial charge on any atom is -0.369 e. The van der Waals surface area contributed by atoms with Gasteiger partial charge in [0.2, 0.25) is 0 Å². The number of hydrogen-bond acceptors (Lipinski definition) is 5. The molecule has 24 heavy (non-hydrogen) atoms. The minimum atomic E-state index is -0.258. The second-order valence-corrected chi connectivity index (χ2v) is 6.20. The molecule has 0 atom stereocenters. The van der Waals surface area contributed by atoms with E-state index in [0.717, 1.165) is 36.3 Å². The molecule has 0 aliphatic carbocycles. The number of nitrogens with one attached hydrogen (secondary N) is 2. The van der Waals surface area contributed by atoms with E-state index in [2.05, 4.69) is 31.6 Å². The van der Waals surface area contributed by atoms with E-state index in [1.807, 2.05) is 40.1 Å². The lowest BCUT2D eigenvalue weighted by molar-refractivity contribution is 0.102. The van der Waals surface area contributed by atoms with Gasteiger partial charge >= 0.3 is 0 Å². The molecule has 128 valence electrons. The van der Waals surface area contributed by atoms with Crippen LogP contribution in [0.5, 0.6) is 0 Å². The third-order valence-electron chi connectivity index (χ3n) is 3.45. The fraction of sp³-hybridized carbons (Fsp3) is 0.389. The van der Waals surface area contributed by atoms with Crippen molar-refractivity contribution in [1.29, 1.82) is 0 Å². The molecule has 2 aromatic rings. The molecule has 6 heteroatoms. The fourth-order valence-electron chi connectivity index (χ4n) is 2.39. The van der Waals surface area contributed by atoms with Gasteiger partial charge in [-0.3, -0.25) is 4.79 Å². The highest BCUT2D eigenvalue weighted by molar-refractivity contribution is 6.02. The van der Waals surface area contributed by atoms with Crippen LogP contribution in [0, 0.1) is 13.8 Å². The fourth-order valence-corrected chi connectivity index (χ4v) is 2.39. The van der Waals surface area contributed by atoms with Crippen LogP contribution in [0.4, 0.5) is 11.5 Å². The van der Waals surface area contributed by atoms with Crippen LogP contribution in [-0.2, 0) is 0 Å². The first-order valence-electron chi connectivity index (χ1n) is 8.04. The third kappa shape index (κ3) is 5.62. The lowest BCUT2D eigenvalue weighted by Crippen LogP contribution is -2.17. The number of hydrogen-bond donors (Lipinski definition) is 2. The zero-order valence-corrected chi connectivity index (χ0v) is 14.8. The Labute approximate surface area is 143 Å². The topological polar surface area (TPSA) is 70.2 Å². The molecule has 0 spiro atoms. The van der Waals surface area contributed by atoms with Gasteiger partial charge in [0.05, 0.1) is 12.4 Å². The van der Waals surface area contributed by atoms with Crippen molar-refractivity contribution in [3.63, 3.8) is 0 Å². The summed E-state index contributed by atoms with van der Waals surface area (Å²) in [4.78, 5) is 22.8. The van der Waals surface area contributed by atoms with Gasteiger partial charge in [0.15, 0.2) is 0 Å². The molecule has 0 saturated heterocycles. The van der Waals surface area contributed by atoms with Crippen LogP contribution in [0.2, 0.25) is 0 Å². The quantitative estimate of drug-likeness (QED) is 0.765. The smallest absolute Gasteiger partial charge is 0.275 e. The van der Waals surface area contributed by atoms with E-state index >= 15 is 0 Å². The highest BCUT2D eigenvalue weighted by atomic mass is 16.1. The summed E-state index contributed by atoms with van der Waals surface area (Å²) < 4.78 is 0. The summed E-state index contributed by atoms with van der Waals surface area (Å²) in [7, 11) is 4.09. The summed E-state index contributed by atoms with van der Waals surface area (Å²) >= 11 is 0. The predicted octanol–water partition coefficient (Wildman–Crippen LogP) is 2.71. The van der Waals surface area contributed by atoms with E-state index < -0.39 is 0 Å². The van der Waals surface area contributed by atoms with E-state index in [1.165, 1.54) is 6.20 Å². The number of rotatable bonds is 7. The molecular formula is C18H25N5O. The highest BCUT2D eigenvalue weighted by Crippen LogP contribution is 2.14. The van der Waals surface area contributed by atoms with Gasteiger partial charge in [-0.05, 0) is 64.2 Å². The van der Waals surface area contributed by atoms with Crippen LogP contribution < -0.4 is 10.6 Å². The Morgan fingerprint density at radius 3 is 2.38 bits per heavy atom. The number of carbonyl (C=O) groups is 1. The summed E-state index contributed by atoms with van der Waals surface area (Å²) in [5, 5.41) is 6.06. The summed E-state index contributed by atoms with van der Waals surface area (Å²) in [6, 6.07) is 5.92. The van der Waals surface area contributed by atoms with Crippen LogP contribution in [0.25, 0.3) is 0 Å². The summed E-state index contributed by atoms with van der Waals surface area (Å²) in [5.74, 6) is 0.420. The molecule has 0 aliphatic heterocycles. The summed E-state index contributed by atoms with van der Waals surface area (Å²) in [6.07, 6.45) is 4.10. The van der Waals surface area contributed by atoms with E-state index in [4.69, 9.17) is 0 Å². The van der Waals surface area contributed by atoms with Crippen LogP contribution in [-0.4, -0.2) is 48.0 Å². The molecule has 2 N–H and O–H groups in total. The normalized spacial score (nSPS) is 10.7. The van der Waals surface area contributed by atoms with Gasteiger partial charge in [0, 0.05) is 12.2 Å². The molecule has 0 radical (unpaired) electrons. The van der Waals surface area contributed by atoms with Crippen molar-refractivity contribution in [1.82, 2.24) is 14.9 Å². The molecule has 6 nitrogen and oxygen atoms in total. The molecule has 0 saturated carbocycles. The van der Waals surface area contributed by atoms with E-state index in [-0.39, 0.29) is 5.91 Å². The van der Waals surface area contributed by atoms with E-state index in [0.29, 0.717) is 11.5 Å². The van der Waals surface area contributed by atoms with Gasteiger partial charge in [-0.2, -0.15) is 0 Å². The second kappa shape index (κ2) is 8.40. The average molecular weight is 327 g/mol. The lowest BCUT2D eigenvalue weighted by atomic mass is 10.1. The molecule has 1 aromatic carbocycles. The van der Waals surface area contributed by atoms with E-state index in [9.17, 15) is 4.79 Å². The Hall–Kier alpha value is -2.47. The Bertz CT molecular complexity index is 662. The van der Waals surface area contributed by atoms with Gasteiger partial charge in [-0.25, -0.2) is 9.97 Å². The molecule has 2 rings (SSSR count). The van der Waals surface area contributed by atoms with Gasteiger partial charge in [0.1, 0.15) is 11.5 Å². The Kier molecular flexibility index (Phi) is 6.26. The third-order valence-corrected chi connectivity index (χ3v) is 3.45. The number of amides is 1. The largest absolute Gasteiger partial charge is 0.369 e. The number of nitrogens with zero attached hydrogens (tertiary/aromatic N) is 3. The van der Waals surface area contributed by atoms with Crippen molar-refractivity contribution in [2.75, 3.05) is 37.8 Å². The summed E-state index contributed by atoms with van der Waals surface area (Å²) in [6.45, 7) is 5.83. The van der Waals surface area contributed by atoms with Gasteiger partial charge < -0.3 is 15.5 Å². The first-order chi connectivity index (χ1) is 11.4. The van der Waals surface area contributed by atoms with Crippen LogP contribution in [0.1, 0.15) is 28.0 Å². The number of benzene rings is 1. The molecule has 1 heterocycles. The predicted molar refractivity (Wildman–Crippen MR) is 97.6 cm³/mol. The van der Waals surface area contributed by atoms with Crippen LogP contribution in [0.3, 0.4) is 0 Å². The number of aromatic nitrogens is 2. The van der Waals surface area contributed by atoms with Crippen molar-refractivity contribution in [2.24, 2.45) is 0 Å². The molecule has 0 unspecified atom stereocenters. The Morgan fingerprint density at radius 1 is 1.08 bits per heavy atom. The number of aryl methyl sites for hydroxylation is 2. The van der Waals surface area contributed by atoms with Gasteiger partial charge in [-0.1, -0.05) is 6.07 Å². The SMILES string of the molecule is Cc1cc(C)cc(NC(=O)c2cnc(NCCCN(C)C)cn2)c1. The van der Waals surface area contributed by atoms with Crippen molar-refractivity contribution >= 4 is 17.4 Å². The molecule has 1 aromatic heterocycles. The standard InChI is InChI=1S/C18H25N5O/c1-13-8-14(2)10-15(9-13)22-18(24)16-11-21-17(12-20-16)19-6-5-7-23(3)4/h8-12H,5-7H2,1-4H3,(H,19,21)(H,22,24). The van der Waals surface area contributed by atoms with Crippen molar-refractivity contribution in [3.8, 4) is 0 Å². The monoisotopic (exact) mass is 327 g/mol. The Morgan fingerprint density at radius 2 is 1.79 bits per heavy atom. The van der Waals surface area contributed by atoms with Crippen molar-refractivity contribution < 1.29 is 4.79 Å². The number of carbonyl (C=O) groups excluding carboxylic acids is 1. The zero-order chi connectivity index (χ0) is 17.5. The molecule has 1 amide bonds. The van der Waals surface area contributed by atoms with Crippen LogP contribution >= 0.6 is 0 Å². The average Bonchev–Trinajstić information content (AvgIpc) is 2.51. The molecule has 0 bridgehead atoms. The maximum absolute atomic E-state index is 12.2. The summed E-state index contributed by atoms with van der Waals surface area (Å²) in [5.41, 5.74) is 3.28.